The van der Waals surface area contributed by atoms with Crippen LogP contribution in [0.5, 0.6) is 0 Å². The van der Waals surface area contributed by atoms with Crippen LogP contribution in [0.3, 0.4) is 0 Å². The van der Waals surface area contributed by atoms with E-state index in [1.54, 1.807) is 12.1 Å². The summed E-state index contributed by atoms with van der Waals surface area (Å²) in [6, 6.07) is 9.94. The second-order valence-corrected chi connectivity index (χ2v) is 5.45. The molecule has 0 unspecified atom stereocenters. The zero-order chi connectivity index (χ0) is 15.9. The lowest BCUT2D eigenvalue weighted by Crippen LogP contribution is -2.11. The summed E-state index contributed by atoms with van der Waals surface area (Å²) in [5.41, 5.74) is 0.331. The van der Waals surface area contributed by atoms with E-state index < -0.39 is 17.1 Å². The predicted octanol–water partition coefficient (Wildman–Crippen LogP) is 4.86. The summed E-state index contributed by atoms with van der Waals surface area (Å²) in [7, 11) is 0. The third-order valence-corrected chi connectivity index (χ3v) is 3.53. The minimum Gasteiger partial charge on any atom is -0.460 e. The van der Waals surface area contributed by atoms with Crippen molar-refractivity contribution in [2.75, 3.05) is 0 Å². The van der Waals surface area contributed by atoms with Gasteiger partial charge in [0.1, 0.15) is 28.4 Å². The average Bonchev–Trinajstić information content (AvgIpc) is 2.46. The SMILES string of the molecule is CC(C)c1oc2cccc(F)c2c(=O)c1-c1cccc(F)c1. The van der Waals surface area contributed by atoms with Gasteiger partial charge in [0.05, 0.1) is 5.56 Å². The first-order valence-electron chi connectivity index (χ1n) is 7.00. The van der Waals surface area contributed by atoms with E-state index in [1.807, 2.05) is 13.8 Å². The second-order valence-electron chi connectivity index (χ2n) is 5.45. The molecule has 2 aromatic carbocycles. The Labute approximate surface area is 126 Å². The smallest absolute Gasteiger partial charge is 0.203 e. The highest BCUT2D eigenvalue weighted by molar-refractivity contribution is 5.83. The molecule has 0 amide bonds. The number of hydrogen-bond donors (Lipinski definition) is 0. The van der Waals surface area contributed by atoms with Crippen LogP contribution in [0.2, 0.25) is 0 Å². The maximum absolute atomic E-state index is 14.0. The molecule has 3 rings (SSSR count). The summed E-state index contributed by atoms with van der Waals surface area (Å²) >= 11 is 0. The van der Waals surface area contributed by atoms with Crippen molar-refractivity contribution in [2.24, 2.45) is 0 Å². The maximum atomic E-state index is 14.0. The largest absolute Gasteiger partial charge is 0.460 e. The van der Waals surface area contributed by atoms with Crippen molar-refractivity contribution in [1.29, 1.82) is 0 Å². The van der Waals surface area contributed by atoms with Gasteiger partial charge < -0.3 is 4.42 Å². The minimum absolute atomic E-state index is 0.0985. The molecule has 1 aromatic heterocycles. The van der Waals surface area contributed by atoms with E-state index in [0.29, 0.717) is 11.3 Å². The molecule has 0 atom stereocenters. The van der Waals surface area contributed by atoms with Crippen molar-refractivity contribution in [3.05, 3.63) is 70.1 Å². The molecule has 0 fully saturated rings. The lowest BCUT2D eigenvalue weighted by molar-refractivity contribution is 0.509. The van der Waals surface area contributed by atoms with Gasteiger partial charge in [0.2, 0.25) is 5.43 Å². The van der Waals surface area contributed by atoms with Crippen molar-refractivity contribution in [3.8, 4) is 11.1 Å². The molecule has 4 heteroatoms. The Kier molecular flexibility index (Phi) is 3.53. The third kappa shape index (κ3) is 2.30. The molecular weight excluding hydrogens is 286 g/mol. The molecule has 0 radical (unpaired) electrons. The van der Waals surface area contributed by atoms with E-state index in [-0.39, 0.29) is 22.5 Å². The predicted molar refractivity (Wildman–Crippen MR) is 81.9 cm³/mol. The monoisotopic (exact) mass is 300 g/mol. The normalized spacial score (nSPS) is 11.3. The van der Waals surface area contributed by atoms with Crippen molar-refractivity contribution >= 4 is 11.0 Å². The fourth-order valence-corrected chi connectivity index (χ4v) is 2.54. The van der Waals surface area contributed by atoms with Gasteiger partial charge in [0.25, 0.3) is 0 Å². The Bertz CT molecular complexity index is 911. The van der Waals surface area contributed by atoms with Crippen LogP contribution in [0.15, 0.2) is 51.7 Å². The molecule has 0 saturated heterocycles. The van der Waals surface area contributed by atoms with Crippen LogP contribution in [0.4, 0.5) is 8.78 Å². The Morgan fingerprint density at radius 2 is 1.77 bits per heavy atom. The Hall–Kier alpha value is -2.49. The van der Waals surface area contributed by atoms with Crippen LogP contribution in [-0.4, -0.2) is 0 Å². The first-order valence-corrected chi connectivity index (χ1v) is 7.00. The Morgan fingerprint density at radius 3 is 2.45 bits per heavy atom. The summed E-state index contributed by atoms with van der Waals surface area (Å²) in [5, 5.41) is -0.105. The number of halogens is 2. The highest BCUT2D eigenvalue weighted by Gasteiger charge is 2.20. The van der Waals surface area contributed by atoms with E-state index in [9.17, 15) is 13.6 Å². The summed E-state index contributed by atoms with van der Waals surface area (Å²) in [5.74, 6) is -0.771. The number of rotatable bonds is 2. The first-order chi connectivity index (χ1) is 10.5. The molecule has 0 aliphatic heterocycles. The van der Waals surface area contributed by atoms with Crippen LogP contribution >= 0.6 is 0 Å². The van der Waals surface area contributed by atoms with E-state index >= 15 is 0 Å². The zero-order valence-electron chi connectivity index (χ0n) is 12.2. The topological polar surface area (TPSA) is 30.2 Å². The molecule has 0 aliphatic rings. The molecule has 0 N–H and O–H groups in total. The van der Waals surface area contributed by atoms with Crippen LogP contribution in [0.25, 0.3) is 22.1 Å². The van der Waals surface area contributed by atoms with Crippen LogP contribution in [-0.2, 0) is 0 Å². The van der Waals surface area contributed by atoms with Crippen molar-refractivity contribution in [2.45, 2.75) is 19.8 Å². The van der Waals surface area contributed by atoms with Crippen molar-refractivity contribution in [3.63, 3.8) is 0 Å². The quantitative estimate of drug-likeness (QED) is 0.676. The first kappa shape index (κ1) is 14.4. The lowest BCUT2D eigenvalue weighted by atomic mass is 9.97. The number of hydrogen-bond acceptors (Lipinski definition) is 2. The fraction of sp³-hybridized carbons (Fsp3) is 0.167. The maximum Gasteiger partial charge on any atom is 0.203 e. The van der Waals surface area contributed by atoms with Gasteiger partial charge >= 0.3 is 0 Å². The van der Waals surface area contributed by atoms with Crippen molar-refractivity contribution < 1.29 is 13.2 Å². The Morgan fingerprint density at radius 1 is 1.05 bits per heavy atom. The molecule has 2 nitrogen and oxygen atoms in total. The molecule has 3 aromatic rings. The third-order valence-electron chi connectivity index (χ3n) is 3.53. The van der Waals surface area contributed by atoms with Crippen LogP contribution in [0.1, 0.15) is 25.5 Å². The molecule has 0 saturated carbocycles. The van der Waals surface area contributed by atoms with Gasteiger partial charge in [-0.2, -0.15) is 0 Å². The number of benzene rings is 2. The standard InChI is InChI=1S/C18H14F2O2/c1-10(2)18-15(11-5-3-6-12(19)9-11)17(21)16-13(20)7-4-8-14(16)22-18/h3-10H,1-2H3. The van der Waals surface area contributed by atoms with E-state index in [0.717, 1.165) is 0 Å². The summed E-state index contributed by atoms with van der Waals surface area (Å²) < 4.78 is 33.3. The van der Waals surface area contributed by atoms with E-state index in [4.69, 9.17) is 4.42 Å². The van der Waals surface area contributed by atoms with Crippen LogP contribution in [0, 0.1) is 11.6 Å². The van der Waals surface area contributed by atoms with E-state index in [2.05, 4.69) is 0 Å². The van der Waals surface area contributed by atoms with Crippen molar-refractivity contribution in [1.82, 2.24) is 0 Å². The van der Waals surface area contributed by atoms with Gasteiger partial charge in [-0.15, -0.1) is 0 Å². The molecular formula is C18H14F2O2. The van der Waals surface area contributed by atoms with Gasteiger partial charge in [-0.3, -0.25) is 4.79 Å². The fourth-order valence-electron chi connectivity index (χ4n) is 2.54. The highest BCUT2D eigenvalue weighted by atomic mass is 19.1. The molecule has 0 bridgehead atoms. The average molecular weight is 300 g/mol. The van der Waals surface area contributed by atoms with Gasteiger partial charge in [0.15, 0.2) is 0 Å². The zero-order valence-corrected chi connectivity index (χ0v) is 12.2. The molecule has 22 heavy (non-hydrogen) atoms. The van der Waals surface area contributed by atoms with Gasteiger partial charge in [-0.1, -0.05) is 32.0 Å². The van der Waals surface area contributed by atoms with Crippen LogP contribution < -0.4 is 5.43 Å². The second kappa shape index (κ2) is 5.37. The highest BCUT2D eigenvalue weighted by Crippen LogP contribution is 2.30. The van der Waals surface area contributed by atoms with E-state index in [1.165, 1.54) is 30.3 Å². The summed E-state index contributed by atoms with van der Waals surface area (Å²) in [4.78, 5) is 12.8. The summed E-state index contributed by atoms with van der Waals surface area (Å²) in [6.45, 7) is 3.73. The lowest BCUT2D eigenvalue weighted by Gasteiger charge is -2.13. The minimum atomic E-state index is -0.640. The summed E-state index contributed by atoms with van der Waals surface area (Å²) in [6.07, 6.45) is 0. The number of fused-ring (bicyclic) bond motifs is 1. The Balaban J connectivity index is 2.46. The van der Waals surface area contributed by atoms with Gasteiger partial charge in [0, 0.05) is 5.92 Å². The van der Waals surface area contributed by atoms with Gasteiger partial charge in [-0.05, 0) is 29.8 Å². The molecule has 0 aliphatic carbocycles. The molecule has 112 valence electrons. The molecule has 1 heterocycles. The molecule has 0 spiro atoms. The van der Waals surface area contributed by atoms with Gasteiger partial charge in [-0.25, -0.2) is 8.78 Å².